The minimum atomic E-state index is 0.719. The Labute approximate surface area is 186 Å². The molecule has 0 bridgehead atoms. The van der Waals surface area contributed by atoms with Gasteiger partial charge in [-0.15, -0.1) is 0 Å². The van der Waals surface area contributed by atoms with Gasteiger partial charge < -0.3 is 4.74 Å². The van der Waals surface area contributed by atoms with Gasteiger partial charge in [0.2, 0.25) is 0 Å². The summed E-state index contributed by atoms with van der Waals surface area (Å²) >= 11 is 0. The SMILES string of the molecule is CC/C=C/COCc1ccc(C2CCC([C@H]3CC[C@H](C/C=C/CC)CC3)CC2)cc1. The maximum Gasteiger partial charge on any atom is 0.0721 e. The zero-order valence-corrected chi connectivity index (χ0v) is 19.5. The van der Waals surface area contributed by atoms with E-state index in [9.17, 15) is 0 Å². The van der Waals surface area contributed by atoms with Crippen molar-refractivity contribution in [3.63, 3.8) is 0 Å². The Morgan fingerprint density at radius 2 is 1.33 bits per heavy atom. The molecule has 30 heavy (non-hydrogen) atoms. The summed E-state index contributed by atoms with van der Waals surface area (Å²) in [7, 11) is 0. The summed E-state index contributed by atoms with van der Waals surface area (Å²) in [5.41, 5.74) is 2.84. The van der Waals surface area contributed by atoms with Crippen molar-refractivity contribution in [3.05, 3.63) is 59.7 Å². The molecule has 3 rings (SSSR count). The molecule has 0 heterocycles. The van der Waals surface area contributed by atoms with Crippen molar-refractivity contribution in [2.75, 3.05) is 6.61 Å². The zero-order chi connectivity index (χ0) is 21.0. The van der Waals surface area contributed by atoms with Crippen LogP contribution in [0.25, 0.3) is 0 Å². The average Bonchev–Trinajstić information content (AvgIpc) is 2.80. The molecule has 0 aliphatic heterocycles. The van der Waals surface area contributed by atoms with E-state index in [0.717, 1.165) is 43.3 Å². The minimum Gasteiger partial charge on any atom is -0.373 e. The van der Waals surface area contributed by atoms with Crippen molar-refractivity contribution >= 4 is 0 Å². The fraction of sp³-hybridized carbons (Fsp3) is 0.655. The highest BCUT2D eigenvalue weighted by atomic mass is 16.5. The Balaban J connectivity index is 1.37. The van der Waals surface area contributed by atoms with Gasteiger partial charge in [0.1, 0.15) is 0 Å². The molecule has 0 aromatic heterocycles. The Bertz CT molecular complexity index is 625. The molecule has 1 heteroatoms. The molecule has 2 fully saturated rings. The fourth-order valence-corrected chi connectivity index (χ4v) is 5.64. The molecule has 2 aliphatic carbocycles. The summed E-state index contributed by atoms with van der Waals surface area (Å²) in [6, 6.07) is 9.28. The summed E-state index contributed by atoms with van der Waals surface area (Å²) in [6.07, 6.45) is 24.2. The number of allylic oxidation sites excluding steroid dienone is 3. The first-order chi connectivity index (χ1) is 14.8. The second-order valence-corrected chi connectivity index (χ2v) is 9.64. The van der Waals surface area contributed by atoms with Crippen LogP contribution in [0.1, 0.15) is 102 Å². The van der Waals surface area contributed by atoms with Crippen LogP contribution in [0.5, 0.6) is 0 Å². The summed E-state index contributed by atoms with van der Waals surface area (Å²) in [6.45, 7) is 5.83. The predicted molar refractivity (Wildman–Crippen MR) is 130 cm³/mol. The van der Waals surface area contributed by atoms with E-state index in [-0.39, 0.29) is 0 Å². The van der Waals surface area contributed by atoms with Gasteiger partial charge in [0.05, 0.1) is 13.2 Å². The van der Waals surface area contributed by atoms with Gasteiger partial charge in [-0.3, -0.25) is 0 Å². The van der Waals surface area contributed by atoms with Gasteiger partial charge in [-0.25, -0.2) is 0 Å². The average molecular weight is 409 g/mol. The highest BCUT2D eigenvalue weighted by Gasteiger charge is 2.30. The third kappa shape index (κ3) is 7.41. The number of hydrogen-bond donors (Lipinski definition) is 0. The van der Waals surface area contributed by atoms with Gasteiger partial charge in [-0.1, -0.05) is 62.4 Å². The van der Waals surface area contributed by atoms with Crippen LogP contribution in [-0.2, 0) is 11.3 Å². The first-order valence-corrected chi connectivity index (χ1v) is 12.8. The van der Waals surface area contributed by atoms with E-state index in [1.807, 2.05) is 0 Å². The van der Waals surface area contributed by atoms with Crippen LogP contribution in [0.4, 0.5) is 0 Å². The first kappa shape index (κ1) is 23.3. The Hall–Kier alpha value is -1.34. The van der Waals surface area contributed by atoms with Crippen LogP contribution in [0.3, 0.4) is 0 Å². The van der Waals surface area contributed by atoms with E-state index in [4.69, 9.17) is 4.74 Å². The molecule has 0 N–H and O–H groups in total. The summed E-state index contributed by atoms with van der Waals surface area (Å²) in [5, 5.41) is 0. The Morgan fingerprint density at radius 1 is 0.733 bits per heavy atom. The van der Waals surface area contributed by atoms with E-state index >= 15 is 0 Å². The van der Waals surface area contributed by atoms with Crippen LogP contribution in [0.15, 0.2) is 48.6 Å². The lowest BCUT2D eigenvalue weighted by Gasteiger charge is -2.38. The zero-order valence-electron chi connectivity index (χ0n) is 19.5. The van der Waals surface area contributed by atoms with Crippen LogP contribution in [0.2, 0.25) is 0 Å². The standard InChI is InChI=1S/C29H44O/c1-3-5-7-9-24-10-14-26(15-11-24)28-18-20-29(21-19-28)27-16-12-25(13-17-27)23-30-22-8-6-4-2/h5-8,12-13,16-17,24,26,28-29H,3-4,9-11,14-15,18-23H2,1-2H3/b7-5+,8-6+/t24-,26-,28?,29?. The second kappa shape index (κ2) is 13.2. The molecular formula is C29H44O. The van der Waals surface area contributed by atoms with Crippen LogP contribution in [0, 0.1) is 17.8 Å². The van der Waals surface area contributed by atoms with E-state index in [1.54, 1.807) is 5.56 Å². The van der Waals surface area contributed by atoms with Crippen molar-refractivity contribution in [3.8, 4) is 0 Å². The van der Waals surface area contributed by atoms with Gasteiger partial charge in [0.15, 0.2) is 0 Å². The molecule has 1 aromatic rings. The van der Waals surface area contributed by atoms with Gasteiger partial charge in [0.25, 0.3) is 0 Å². The quantitative estimate of drug-likeness (QED) is 0.278. The van der Waals surface area contributed by atoms with Crippen LogP contribution in [-0.4, -0.2) is 6.61 Å². The van der Waals surface area contributed by atoms with Crippen LogP contribution >= 0.6 is 0 Å². The molecule has 0 saturated heterocycles. The van der Waals surface area contributed by atoms with Crippen LogP contribution < -0.4 is 0 Å². The molecule has 0 unspecified atom stereocenters. The summed E-state index contributed by atoms with van der Waals surface area (Å²) < 4.78 is 5.73. The van der Waals surface area contributed by atoms with Crippen molar-refractivity contribution < 1.29 is 4.74 Å². The monoisotopic (exact) mass is 408 g/mol. The molecule has 2 aliphatic rings. The molecule has 0 radical (unpaired) electrons. The number of rotatable bonds is 10. The minimum absolute atomic E-state index is 0.719. The molecule has 1 aromatic carbocycles. The van der Waals surface area contributed by atoms with Crippen molar-refractivity contribution in [2.24, 2.45) is 17.8 Å². The normalized spacial score (nSPS) is 27.8. The van der Waals surface area contributed by atoms with E-state index in [1.165, 1.54) is 69.8 Å². The molecule has 2 saturated carbocycles. The molecule has 166 valence electrons. The number of ether oxygens (including phenoxy) is 1. The lowest BCUT2D eigenvalue weighted by Crippen LogP contribution is -2.25. The van der Waals surface area contributed by atoms with Crippen molar-refractivity contribution in [2.45, 2.75) is 97.0 Å². The summed E-state index contributed by atoms with van der Waals surface area (Å²) in [4.78, 5) is 0. The topological polar surface area (TPSA) is 9.23 Å². The highest BCUT2D eigenvalue weighted by molar-refractivity contribution is 5.25. The second-order valence-electron chi connectivity index (χ2n) is 9.64. The van der Waals surface area contributed by atoms with Gasteiger partial charge in [-0.05, 0) is 105 Å². The Kier molecular flexibility index (Phi) is 10.2. The number of benzene rings is 1. The third-order valence-electron chi connectivity index (χ3n) is 7.54. The Morgan fingerprint density at radius 3 is 1.97 bits per heavy atom. The molecule has 1 nitrogen and oxygen atoms in total. The van der Waals surface area contributed by atoms with Gasteiger partial charge in [0, 0.05) is 0 Å². The van der Waals surface area contributed by atoms with E-state index < -0.39 is 0 Å². The molecule has 0 spiro atoms. The van der Waals surface area contributed by atoms with E-state index in [0.29, 0.717) is 0 Å². The maximum atomic E-state index is 5.73. The maximum absolute atomic E-state index is 5.73. The number of hydrogen-bond acceptors (Lipinski definition) is 1. The van der Waals surface area contributed by atoms with Gasteiger partial charge >= 0.3 is 0 Å². The highest BCUT2D eigenvalue weighted by Crippen LogP contribution is 2.44. The molecule has 0 atom stereocenters. The largest absolute Gasteiger partial charge is 0.373 e. The fourth-order valence-electron chi connectivity index (χ4n) is 5.64. The lowest BCUT2D eigenvalue weighted by molar-refractivity contribution is 0.148. The predicted octanol–water partition coefficient (Wildman–Crippen LogP) is 8.61. The summed E-state index contributed by atoms with van der Waals surface area (Å²) in [5.74, 6) is 3.75. The lowest BCUT2D eigenvalue weighted by atomic mass is 9.68. The molecular weight excluding hydrogens is 364 g/mol. The smallest absolute Gasteiger partial charge is 0.0721 e. The molecule has 0 amide bonds. The van der Waals surface area contributed by atoms with Gasteiger partial charge in [-0.2, -0.15) is 0 Å². The third-order valence-corrected chi connectivity index (χ3v) is 7.54. The van der Waals surface area contributed by atoms with E-state index in [2.05, 4.69) is 62.4 Å². The van der Waals surface area contributed by atoms with Crippen molar-refractivity contribution in [1.82, 2.24) is 0 Å². The van der Waals surface area contributed by atoms with Crippen molar-refractivity contribution in [1.29, 1.82) is 0 Å². The first-order valence-electron chi connectivity index (χ1n) is 12.8.